The van der Waals surface area contributed by atoms with E-state index < -0.39 is 0 Å². The Balaban J connectivity index is 0.00000132. The van der Waals surface area contributed by atoms with E-state index in [9.17, 15) is 4.39 Å². The normalized spacial score (nSPS) is 18.1. The fourth-order valence-electron chi connectivity index (χ4n) is 2.76. The maximum absolute atomic E-state index is 13.5. The number of hydrogen-bond donors (Lipinski definition) is 1. The summed E-state index contributed by atoms with van der Waals surface area (Å²) in [5.74, 6) is 1.40. The molecule has 128 valence electrons. The Morgan fingerprint density at radius 3 is 2.78 bits per heavy atom. The average Bonchev–Trinajstić information content (AvgIpc) is 2.78. The van der Waals surface area contributed by atoms with E-state index in [0.717, 1.165) is 42.5 Å². The van der Waals surface area contributed by atoms with Crippen molar-refractivity contribution in [3.05, 3.63) is 53.0 Å². The summed E-state index contributed by atoms with van der Waals surface area (Å²) in [7, 11) is 0. The summed E-state index contributed by atoms with van der Waals surface area (Å²) in [6, 6.07) is 6.96. The first-order valence-electron chi connectivity index (χ1n) is 7.26. The van der Waals surface area contributed by atoms with E-state index in [2.05, 4.69) is 15.2 Å². The number of piperazine rings is 1. The lowest BCUT2D eigenvalue weighted by Crippen LogP contribution is -2.45. The Hall–Kier alpha value is -1.14. The molecule has 0 saturated carbocycles. The Morgan fingerprint density at radius 1 is 1.35 bits per heavy atom. The summed E-state index contributed by atoms with van der Waals surface area (Å²) in [5, 5.41) is 3.37. The largest absolute Gasteiger partial charge is 0.444 e. The van der Waals surface area contributed by atoms with Crippen LogP contribution in [0.5, 0.6) is 0 Å². The number of oxazole rings is 1. The van der Waals surface area contributed by atoms with Gasteiger partial charge in [0.15, 0.2) is 0 Å². The highest BCUT2D eigenvalue weighted by atomic mass is 35.5. The topological polar surface area (TPSA) is 41.3 Å². The van der Waals surface area contributed by atoms with Gasteiger partial charge in [0.2, 0.25) is 5.89 Å². The molecule has 1 saturated heterocycles. The number of nitrogens with one attached hydrogen (secondary N) is 1. The number of benzene rings is 1. The maximum Gasteiger partial charge on any atom is 0.208 e. The van der Waals surface area contributed by atoms with Crippen LogP contribution >= 0.6 is 24.8 Å². The molecule has 2 heterocycles. The first-order chi connectivity index (χ1) is 10.1. The molecule has 1 fully saturated rings. The molecule has 1 N–H and O–H groups in total. The van der Waals surface area contributed by atoms with E-state index >= 15 is 0 Å². The Morgan fingerprint density at radius 2 is 2.13 bits per heavy atom. The fraction of sp³-hybridized carbons (Fsp3) is 0.438. The fourth-order valence-corrected chi connectivity index (χ4v) is 2.76. The van der Waals surface area contributed by atoms with Crippen LogP contribution in [-0.2, 0) is 6.54 Å². The molecule has 4 nitrogen and oxygen atoms in total. The van der Waals surface area contributed by atoms with Crippen LogP contribution in [0, 0.1) is 19.7 Å². The molecule has 1 aliphatic heterocycles. The van der Waals surface area contributed by atoms with E-state index in [1.54, 1.807) is 12.1 Å². The van der Waals surface area contributed by atoms with Crippen LogP contribution in [0.3, 0.4) is 0 Å². The van der Waals surface area contributed by atoms with Crippen LogP contribution in [0.2, 0.25) is 0 Å². The van der Waals surface area contributed by atoms with Crippen molar-refractivity contribution < 1.29 is 8.81 Å². The third kappa shape index (κ3) is 4.67. The second-order valence-electron chi connectivity index (χ2n) is 5.49. The van der Waals surface area contributed by atoms with Crippen LogP contribution in [0.1, 0.15) is 29.0 Å². The van der Waals surface area contributed by atoms with Crippen LogP contribution < -0.4 is 5.32 Å². The van der Waals surface area contributed by atoms with Crippen molar-refractivity contribution in [1.29, 1.82) is 0 Å². The van der Waals surface area contributed by atoms with Gasteiger partial charge in [0, 0.05) is 25.7 Å². The zero-order valence-corrected chi connectivity index (χ0v) is 14.8. The highest BCUT2D eigenvalue weighted by Gasteiger charge is 2.25. The zero-order valence-electron chi connectivity index (χ0n) is 13.2. The SMILES string of the molecule is Cc1nc(CN2CCNCC2c2cccc(F)c2)oc1C.Cl.Cl. The molecular weight excluding hydrogens is 340 g/mol. The van der Waals surface area contributed by atoms with Gasteiger partial charge in [0.25, 0.3) is 0 Å². The molecule has 0 bridgehead atoms. The number of halogens is 3. The summed E-state index contributed by atoms with van der Waals surface area (Å²) in [5.41, 5.74) is 1.92. The Bertz CT molecular complexity index is 616. The molecule has 1 aromatic heterocycles. The molecule has 7 heteroatoms. The van der Waals surface area contributed by atoms with Gasteiger partial charge in [-0.15, -0.1) is 24.8 Å². The molecule has 1 unspecified atom stereocenters. The van der Waals surface area contributed by atoms with Crippen LogP contribution in [-0.4, -0.2) is 29.5 Å². The summed E-state index contributed by atoms with van der Waals surface area (Å²) in [6.45, 7) is 7.14. The molecule has 2 aromatic rings. The van der Waals surface area contributed by atoms with E-state index in [0.29, 0.717) is 6.54 Å². The van der Waals surface area contributed by atoms with Crippen LogP contribution in [0.4, 0.5) is 4.39 Å². The summed E-state index contributed by atoms with van der Waals surface area (Å²) in [4.78, 5) is 6.73. The van der Waals surface area contributed by atoms with Gasteiger partial charge < -0.3 is 9.73 Å². The van der Waals surface area contributed by atoms with Crippen LogP contribution in [0.15, 0.2) is 28.7 Å². The van der Waals surface area contributed by atoms with Gasteiger partial charge in [0.1, 0.15) is 11.6 Å². The second-order valence-corrected chi connectivity index (χ2v) is 5.49. The van der Waals surface area contributed by atoms with Crippen LogP contribution in [0.25, 0.3) is 0 Å². The van der Waals surface area contributed by atoms with Crippen molar-refractivity contribution in [1.82, 2.24) is 15.2 Å². The lowest BCUT2D eigenvalue weighted by atomic mass is 10.0. The summed E-state index contributed by atoms with van der Waals surface area (Å²) in [6.07, 6.45) is 0. The second kappa shape index (κ2) is 8.64. The standard InChI is InChI=1S/C16H20FN3O.2ClH/c1-11-12(2)21-16(19-11)10-20-7-6-18-9-15(20)13-4-3-5-14(17)8-13;;/h3-5,8,15,18H,6-7,9-10H2,1-2H3;2*1H. The molecule has 1 aromatic carbocycles. The molecule has 0 amide bonds. The van der Waals surface area contributed by atoms with E-state index in [4.69, 9.17) is 4.42 Å². The number of nitrogens with zero attached hydrogens (tertiary/aromatic N) is 2. The maximum atomic E-state index is 13.5. The molecule has 1 aliphatic rings. The highest BCUT2D eigenvalue weighted by Crippen LogP contribution is 2.25. The number of hydrogen-bond acceptors (Lipinski definition) is 4. The minimum absolute atomic E-state index is 0. The van der Waals surface area contributed by atoms with E-state index in [1.165, 1.54) is 6.07 Å². The van der Waals surface area contributed by atoms with Gasteiger partial charge >= 0.3 is 0 Å². The predicted octanol–water partition coefficient (Wildman–Crippen LogP) is 3.42. The van der Waals surface area contributed by atoms with Crippen molar-refractivity contribution in [2.75, 3.05) is 19.6 Å². The first kappa shape index (κ1) is 19.9. The molecule has 0 aliphatic carbocycles. The third-order valence-electron chi connectivity index (χ3n) is 4.00. The van der Waals surface area contributed by atoms with Gasteiger partial charge in [-0.2, -0.15) is 0 Å². The van der Waals surface area contributed by atoms with Crippen molar-refractivity contribution in [3.8, 4) is 0 Å². The van der Waals surface area contributed by atoms with Crippen molar-refractivity contribution in [3.63, 3.8) is 0 Å². The van der Waals surface area contributed by atoms with Gasteiger partial charge in [0.05, 0.1) is 12.2 Å². The average molecular weight is 362 g/mol. The molecule has 23 heavy (non-hydrogen) atoms. The predicted molar refractivity (Wildman–Crippen MR) is 92.9 cm³/mol. The third-order valence-corrected chi connectivity index (χ3v) is 4.00. The summed E-state index contributed by atoms with van der Waals surface area (Å²) >= 11 is 0. The zero-order chi connectivity index (χ0) is 14.8. The van der Waals surface area contributed by atoms with Crippen molar-refractivity contribution in [2.45, 2.75) is 26.4 Å². The minimum Gasteiger partial charge on any atom is -0.444 e. The van der Waals surface area contributed by atoms with Gasteiger partial charge in [-0.1, -0.05) is 12.1 Å². The van der Waals surface area contributed by atoms with Crippen molar-refractivity contribution in [2.24, 2.45) is 0 Å². The van der Waals surface area contributed by atoms with Gasteiger partial charge in [-0.05, 0) is 31.5 Å². The smallest absolute Gasteiger partial charge is 0.208 e. The number of aryl methyl sites for hydroxylation is 2. The minimum atomic E-state index is -0.194. The number of aromatic nitrogens is 1. The first-order valence-corrected chi connectivity index (χ1v) is 7.26. The lowest BCUT2D eigenvalue weighted by Gasteiger charge is -2.35. The molecule has 1 atom stereocenters. The van der Waals surface area contributed by atoms with Crippen molar-refractivity contribution >= 4 is 24.8 Å². The monoisotopic (exact) mass is 361 g/mol. The highest BCUT2D eigenvalue weighted by molar-refractivity contribution is 5.85. The van der Waals surface area contributed by atoms with Gasteiger partial charge in [-0.3, -0.25) is 4.90 Å². The van der Waals surface area contributed by atoms with E-state index in [-0.39, 0.29) is 36.7 Å². The quantitative estimate of drug-likeness (QED) is 0.909. The Kier molecular flexibility index (Phi) is 7.48. The summed E-state index contributed by atoms with van der Waals surface area (Å²) < 4.78 is 19.1. The molecular formula is C16H22Cl2FN3O. The molecule has 3 rings (SSSR count). The lowest BCUT2D eigenvalue weighted by molar-refractivity contribution is 0.139. The molecule has 0 spiro atoms. The Labute approximate surface area is 148 Å². The molecule has 0 radical (unpaired) electrons. The van der Waals surface area contributed by atoms with Gasteiger partial charge in [-0.25, -0.2) is 9.37 Å². The van der Waals surface area contributed by atoms with E-state index in [1.807, 2.05) is 19.9 Å². The number of rotatable bonds is 3.